The van der Waals surface area contributed by atoms with Gasteiger partial charge in [0.15, 0.2) is 5.75 Å². The van der Waals surface area contributed by atoms with Crippen molar-refractivity contribution in [2.75, 3.05) is 7.11 Å². The molecule has 1 aromatic carbocycles. The lowest BCUT2D eigenvalue weighted by Gasteiger charge is -2.05. The van der Waals surface area contributed by atoms with Crippen LogP contribution in [-0.4, -0.2) is 34.0 Å². The number of ether oxygens (including phenoxy) is 1. The summed E-state index contributed by atoms with van der Waals surface area (Å²) in [5.74, 6) is -1.70. The van der Waals surface area contributed by atoms with Crippen LogP contribution in [0.15, 0.2) is 23.4 Å². The molecule has 0 saturated carbocycles. The quantitative estimate of drug-likeness (QED) is 0.348. The largest absolute Gasteiger partial charge is 0.490 e. The summed E-state index contributed by atoms with van der Waals surface area (Å²) in [6.07, 6.45) is 0. The van der Waals surface area contributed by atoms with E-state index in [2.05, 4.69) is 5.16 Å². The predicted octanol–water partition coefficient (Wildman–Crippen LogP) is 0.866. The summed E-state index contributed by atoms with van der Waals surface area (Å²) in [6.45, 7) is 0. The zero-order valence-corrected chi connectivity index (χ0v) is 8.65. The molecular weight excluding hydrogens is 232 g/mol. The van der Waals surface area contributed by atoms with Crippen molar-refractivity contribution in [3.05, 3.63) is 33.9 Å². The van der Waals surface area contributed by atoms with Crippen LogP contribution in [-0.2, 0) is 4.79 Å². The highest BCUT2D eigenvalue weighted by Crippen LogP contribution is 2.30. The number of hydrogen-bond donors (Lipinski definition) is 2. The van der Waals surface area contributed by atoms with Crippen LogP contribution in [0.1, 0.15) is 5.56 Å². The Balaban J connectivity index is 3.53. The Bertz CT molecular complexity index is 496. The van der Waals surface area contributed by atoms with Gasteiger partial charge in [-0.3, -0.25) is 10.1 Å². The minimum atomic E-state index is -1.58. The second kappa shape index (κ2) is 4.92. The van der Waals surface area contributed by atoms with Gasteiger partial charge < -0.3 is 15.1 Å². The molecule has 0 radical (unpaired) electrons. The van der Waals surface area contributed by atoms with E-state index in [0.717, 1.165) is 6.07 Å². The summed E-state index contributed by atoms with van der Waals surface area (Å²) in [7, 11) is 1.21. The third-order valence-corrected chi connectivity index (χ3v) is 1.96. The molecular formula is C9H8N2O6. The SMILES string of the molecule is COc1cccc(/C(=N\O)C(=O)O)c1[N+](=O)[O-]. The Hall–Kier alpha value is -2.64. The molecule has 0 aromatic heterocycles. The van der Waals surface area contributed by atoms with E-state index in [0.29, 0.717) is 0 Å². The fourth-order valence-electron chi connectivity index (χ4n) is 1.28. The molecule has 0 unspecified atom stereocenters. The number of carbonyl (C=O) groups is 1. The smallest absolute Gasteiger partial charge is 0.358 e. The molecule has 17 heavy (non-hydrogen) atoms. The first-order valence-corrected chi connectivity index (χ1v) is 4.30. The average molecular weight is 240 g/mol. The summed E-state index contributed by atoms with van der Waals surface area (Å²) in [6, 6.07) is 3.82. The molecule has 8 nitrogen and oxygen atoms in total. The van der Waals surface area contributed by atoms with Crippen molar-refractivity contribution in [3.63, 3.8) is 0 Å². The van der Waals surface area contributed by atoms with Crippen LogP contribution in [0, 0.1) is 10.1 Å². The van der Waals surface area contributed by atoms with Crippen LogP contribution in [0.4, 0.5) is 5.69 Å². The number of nitro groups is 1. The van der Waals surface area contributed by atoms with E-state index in [1.807, 2.05) is 0 Å². The minimum absolute atomic E-state index is 0.116. The molecule has 1 aromatic rings. The van der Waals surface area contributed by atoms with Crippen LogP contribution in [0.3, 0.4) is 0 Å². The summed E-state index contributed by atoms with van der Waals surface area (Å²) in [5, 5.41) is 30.7. The van der Waals surface area contributed by atoms with E-state index in [4.69, 9.17) is 15.1 Å². The molecule has 8 heteroatoms. The summed E-state index contributed by atoms with van der Waals surface area (Å²) >= 11 is 0. The highest BCUT2D eigenvalue weighted by Gasteiger charge is 2.27. The standard InChI is InChI=1S/C9H8N2O6/c1-17-6-4-2-3-5(8(6)11(15)16)7(10-14)9(12)13/h2-4,14H,1H3,(H,12,13)/b10-7+. The van der Waals surface area contributed by atoms with Crippen molar-refractivity contribution in [3.8, 4) is 5.75 Å². The molecule has 0 spiro atoms. The number of nitro benzene ring substituents is 1. The lowest BCUT2D eigenvalue weighted by Crippen LogP contribution is -2.16. The summed E-state index contributed by atoms with van der Waals surface area (Å²) < 4.78 is 4.75. The van der Waals surface area contributed by atoms with Crippen molar-refractivity contribution in [1.29, 1.82) is 0 Å². The van der Waals surface area contributed by atoms with Gasteiger partial charge in [-0.15, -0.1) is 0 Å². The van der Waals surface area contributed by atoms with Gasteiger partial charge >= 0.3 is 11.7 Å². The molecule has 90 valence electrons. The number of para-hydroxylation sites is 1. The van der Waals surface area contributed by atoms with Gasteiger partial charge in [0.05, 0.1) is 17.6 Å². The monoisotopic (exact) mass is 240 g/mol. The van der Waals surface area contributed by atoms with Gasteiger partial charge in [-0.1, -0.05) is 11.2 Å². The molecule has 0 saturated heterocycles. The van der Waals surface area contributed by atoms with Crippen LogP contribution < -0.4 is 4.74 Å². The Morgan fingerprint density at radius 2 is 2.18 bits per heavy atom. The van der Waals surface area contributed by atoms with Gasteiger partial charge in [-0.2, -0.15) is 0 Å². The highest BCUT2D eigenvalue weighted by molar-refractivity contribution is 6.43. The third-order valence-electron chi connectivity index (χ3n) is 1.96. The molecule has 0 atom stereocenters. The van der Waals surface area contributed by atoms with Crippen LogP contribution >= 0.6 is 0 Å². The molecule has 1 rings (SSSR count). The summed E-state index contributed by atoms with van der Waals surface area (Å²) in [5.41, 5.74) is -1.72. The zero-order chi connectivity index (χ0) is 13.0. The minimum Gasteiger partial charge on any atom is -0.490 e. The number of carboxylic acids is 1. The van der Waals surface area contributed by atoms with Crippen molar-refractivity contribution in [1.82, 2.24) is 0 Å². The second-order valence-corrected chi connectivity index (χ2v) is 2.87. The number of carboxylic acid groups (broad SMARTS) is 1. The second-order valence-electron chi connectivity index (χ2n) is 2.87. The van der Waals surface area contributed by atoms with E-state index < -0.39 is 22.3 Å². The number of aliphatic carboxylic acids is 1. The Kier molecular flexibility index (Phi) is 3.60. The molecule has 2 N–H and O–H groups in total. The van der Waals surface area contributed by atoms with Crippen molar-refractivity contribution in [2.45, 2.75) is 0 Å². The van der Waals surface area contributed by atoms with Crippen molar-refractivity contribution in [2.24, 2.45) is 5.16 Å². The maximum atomic E-state index is 10.8. The fraction of sp³-hybridized carbons (Fsp3) is 0.111. The first-order valence-electron chi connectivity index (χ1n) is 4.30. The fourth-order valence-corrected chi connectivity index (χ4v) is 1.28. The van der Waals surface area contributed by atoms with Gasteiger partial charge in [0.25, 0.3) is 0 Å². The van der Waals surface area contributed by atoms with Gasteiger partial charge in [0, 0.05) is 0 Å². The highest BCUT2D eigenvalue weighted by atomic mass is 16.6. The molecule has 0 aliphatic carbocycles. The Labute approximate surface area is 94.9 Å². The van der Waals surface area contributed by atoms with Crippen LogP contribution in [0.25, 0.3) is 0 Å². The number of benzene rings is 1. The molecule has 0 aliphatic rings. The molecule has 0 bridgehead atoms. The number of methoxy groups -OCH3 is 1. The van der Waals surface area contributed by atoms with E-state index in [9.17, 15) is 14.9 Å². The van der Waals surface area contributed by atoms with Gasteiger partial charge in [0.1, 0.15) is 0 Å². The number of nitrogens with zero attached hydrogens (tertiary/aromatic N) is 2. The van der Waals surface area contributed by atoms with Gasteiger partial charge in [-0.05, 0) is 12.1 Å². The normalized spacial score (nSPS) is 11.0. The average Bonchev–Trinajstić information content (AvgIpc) is 2.28. The van der Waals surface area contributed by atoms with Gasteiger partial charge in [0.2, 0.25) is 5.71 Å². The Morgan fingerprint density at radius 1 is 1.53 bits per heavy atom. The van der Waals surface area contributed by atoms with Crippen LogP contribution in [0.2, 0.25) is 0 Å². The van der Waals surface area contributed by atoms with E-state index in [1.54, 1.807) is 0 Å². The van der Waals surface area contributed by atoms with Gasteiger partial charge in [-0.25, -0.2) is 4.79 Å². The van der Waals surface area contributed by atoms with E-state index in [1.165, 1.54) is 19.2 Å². The number of hydrogen-bond acceptors (Lipinski definition) is 6. The maximum Gasteiger partial charge on any atom is 0.358 e. The maximum absolute atomic E-state index is 10.8. The van der Waals surface area contributed by atoms with E-state index in [-0.39, 0.29) is 11.3 Å². The molecule has 0 aliphatic heterocycles. The first-order chi connectivity index (χ1) is 8.02. The molecule has 0 heterocycles. The van der Waals surface area contributed by atoms with E-state index >= 15 is 0 Å². The Morgan fingerprint density at radius 3 is 2.59 bits per heavy atom. The van der Waals surface area contributed by atoms with Crippen LogP contribution in [0.5, 0.6) is 5.75 Å². The lowest BCUT2D eigenvalue weighted by molar-refractivity contribution is -0.385. The molecule has 0 amide bonds. The first kappa shape index (κ1) is 12.4. The number of rotatable bonds is 4. The number of oxime groups is 1. The van der Waals surface area contributed by atoms with Crippen molar-refractivity contribution < 1.29 is 24.8 Å². The topological polar surface area (TPSA) is 122 Å². The third kappa shape index (κ3) is 2.30. The molecule has 0 fully saturated rings. The van der Waals surface area contributed by atoms with Crippen molar-refractivity contribution >= 4 is 17.4 Å². The zero-order valence-electron chi connectivity index (χ0n) is 8.65. The summed E-state index contributed by atoms with van der Waals surface area (Å²) in [4.78, 5) is 20.8. The predicted molar refractivity (Wildman–Crippen MR) is 55.6 cm³/mol. The lowest BCUT2D eigenvalue weighted by atomic mass is 10.1.